The van der Waals surface area contributed by atoms with Gasteiger partial charge in [-0.15, -0.1) is 11.3 Å². The molecule has 3 heterocycles. The van der Waals surface area contributed by atoms with Crippen molar-refractivity contribution >= 4 is 39.2 Å². The molecule has 2 aromatic heterocycles. The minimum atomic E-state index is -0.451. The van der Waals surface area contributed by atoms with Crippen LogP contribution in [-0.4, -0.2) is 39.7 Å². The van der Waals surface area contributed by atoms with E-state index >= 15 is 0 Å². The molecule has 7 heteroatoms. The number of hydrogen-bond acceptors (Lipinski definition) is 5. The monoisotopic (exact) mass is 353 g/mol. The number of amides is 1. The average Bonchev–Trinajstić information content (AvgIpc) is 2.88. The van der Waals surface area contributed by atoms with Crippen molar-refractivity contribution in [3.05, 3.63) is 22.4 Å². The van der Waals surface area contributed by atoms with Crippen molar-refractivity contribution in [1.82, 2.24) is 14.9 Å². The molecule has 1 aliphatic heterocycles. The van der Waals surface area contributed by atoms with Crippen LogP contribution in [0.5, 0.6) is 0 Å². The van der Waals surface area contributed by atoms with Gasteiger partial charge in [-0.3, -0.25) is 0 Å². The van der Waals surface area contributed by atoms with Gasteiger partial charge >= 0.3 is 6.09 Å². The minimum Gasteiger partial charge on any atom is -0.444 e. The standard InChI is InChI=1S/C16H20ClN3O2S/c1-16(2,3)22-15(21)20-6-4-10(5-7-20)14-19-11-9-18-13(17)8-12(11)23-14/h8-10H,4-7H2,1-3H3. The van der Waals surface area contributed by atoms with Gasteiger partial charge in [0.2, 0.25) is 0 Å². The number of carbonyl (C=O) groups excluding carboxylic acids is 1. The Balaban J connectivity index is 1.65. The highest BCUT2D eigenvalue weighted by Gasteiger charge is 2.28. The fraction of sp³-hybridized carbons (Fsp3) is 0.562. The number of halogens is 1. The lowest BCUT2D eigenvalue weighted by atomic mass is 9.98. The Morgan fingerprint density at radius 1 is 1.39 bits per heavy atom. The normalized spacial score (nSPS) is 16.8. The van der Waals surface area contributed by atoms with Gasteiger partial charge in [-0.2, -0.15) is 0 Å². The van der Waals surface area contributed by atoms with Crippen molar-refractivity contribution < 1.29 is 9.53 Å². The Kier molecular flexibility index (Phi) is 4.47. The summed E-state index contributed by atoms with van der Waals surface area (Å²) in [4.78, 5) is 22.6. The molecule has 0 aromatic carbocycles. The first-order valence-corrected chi connectivity index (χ1v) is 8.91. The highest BCUT2D eigenvalue weighted by Crippen LogP contribution is 2.34. The van der Waals surface area contributed by atoms with Gasteiger partial charge in [-0.1, -0.05) is 11.6 Å². The molecule has 0 bridgehead atoms. The quantitative estimate of drug-likeness (QED) is 0.710. The second kappa shape index (κ2) is 6.24. The number of aromatic nitrogens is 2. The molecule has 23 heavy (non-hydrogen) atoms. The Labute approximate surface area is 144 Å². The molecule has 0 aliphatic carbocycles. The van der Waals surface area contributed by atoms with Crippen LogP contribution in [0.3, 0.4) is 0 Å². The molecule has 3 rings (SSSR count). The second-order valence-electron chi connectivity index (χ2n) is 6.77. The molecule has 0 radical (unpaired) electrons. The molecule has 2 aromatic rings. The summed E-state index contributed by atoms with van der Waals surface area (Å²) < 4.78 is 6.49. The van der Waals surface area contributed by atoms with Crippen LogP contribution in [0.15, 0.2) is 12.3 Å². The molecule has 0 N–H and O–H groups in total. The third-order valence-electron chi connectivity index (χ3n) is 3.75. The molecule has 0 spiro atoms. The maximum absolute atomic E-state index is 12.1. The molecule has 1 saturated heterocycles. The number of thiazole rings is 1. The van der Waals surface area contributed by atoms with Crippen LogP contribution < -0.4 is 0 Å². The third kappa shape index (κ3) is 3.93. The number of carbonyl (C=O) groups is 1. The van der Waals surface area contributed by atoms with Crippen LogP contribution in [-0.2, 0) is 4.74 Å². The summed E-state index contributed by atoms with van der Waals surface area (Å²) in [6, 6.07) is 1.86. The fourth-order valence-corrected chi connectivity index (χ4v) is 4.00. The number of hydrogen-bond donors (Lipinski definition) is 0. The number of rotatable bonds is 1. The molecule has 1 aliphatic rings. The van der Waals surface area contributed by atoms with Crippen molar-refractivity contribution in [2.24, 2.45) is 0 Å². The number of piperidine rings is 1. The Morgan fingerprint density at radius 3 is 2.74 bits per heavy atom. The first kappa shape index (κ1) is 16.5. The van der Waals surface area contributed by atoms with Crippen molar-refractivity contribution in [2.75, 3.05) is 13.1 Å². The zero-order chi connectivity index (χ0) is 16.6. The van der Waals surface area contributed by atoms with Gasteiger partial charge < -0.3 is 9.64 Å². The predicted octanol–water partition coefficient (Wildman–Crippen LogP) is 4.46. The van der Waals surface area contributed by atoms with E-state index in [1.165, 1.54) is 0 Å². The Bertz CT molecular complexity index is 718. The van der Waals surface area contributed by atoms with Crippen molar-refractivity contribution in [3.8, 4) is 0 Å². The lowest BCUT2D eigenvalue weighted by molar-refractivity contribution is 0.0205. The number of nitrogens with zero attached hydrogens (tertiary/aromatic N) is 3. The molecule has 0 atom stereocenters. The topological polar surface area (TPSA) is 55.3 Å². The summed E-state index contributed by atoms with van der Waals surface area (Å²) in [5, 5.41) is 1.60. The van der Waals surface area contributed by atoms with Crippen LogP contribution in [0.4, 0.5) is 4.79 Å². The first-order valence-electron chi connectivity index (χ1n) is 7.72. The molecule has 0 saturated carbocycles. The maximum atomic E-state index is 12.1. The SMILES string of the molecule is CC(C)(C)OC(=O)N1CCC(c2nc3cnc(Cl)cc3s2)CC1. The molecule has 124 valence electrons. The molecule has 0 unspecified atom stereocenters. The second-order valence-corrected chi connectivity index (χ2v) is 8.22. The highest BCUT2D eigenvalue weighted by molar-refractivity contribution is 7.18. The van der Waals surface area contributed by atoms with E-state index in [4.69, 9.17) is 16.3 Å². The van der Waals surface area contributed by atoms with E-state index in [1.807, 2.05) is 26.8 Å². The average molecular weight is 354 g/mol. The summed E-state index contributed by atoms with van der Waals surface area (Å²) >= 11 is 7.60. The highest BCUT2D eigenvalue weighted by atomic mass is 35.5. The molecule has 1 fully saturated rings. The van der Waals surface area contributed by atoms with Gasteiger partial charge in [0.15, 0.2) is 0 Å². The Hall–Kier alpha value is -1.40. The van der Waals surface area contributed by atoms with Gasteiger partial charge in [0, 0.05) is 19.0 Å². The number of fused-ring (bicyclic) bond motifs is 1. The first-order chi connectivity index (χ1) is 10.8. The summed E-state index contributed by atoms with van der Waals surface area (Å²) in [7, 11) is 0. The molecular formula is C16H20ClN3O2S. The number of likely N-dealkylation sites (tertiary alicyclic amines) is 1. The van der Waals surface area contributed by atoms with Gasteiger partial charge in [0.25, 0.3) is 0 Å². The van der Waals surface area contributed by atoms with Crippen LogP contribution in [0.2, 0.25) is 5.15 Å². The van der Waals surface area contributed by atoms with E-state index < -0.39 is 5.60 Å². The number of ether oxygens (including phenoxy) is 1. The van der Waals surface area contributed by atoms with Crippen molar-refractivity contribution in [3.63, 3.8) is 0 Å². The van der Waals surface area contributed by atoms with E-state index in [9.17, 15) is 4.79 Å². The van der Waals surface area contributed by atoms with Crippen LogP contribution in [0, 0.1) is 0 Å². The Morgan fingerprint density at radius 2 is 2.09 bits per heavy atom. The van der Waals surface area contributed by atoms with E-state index in [-0.39, 0.29) is 6.09 Å². The minimum absolute atomic E-state index is 0.226. The molecular weight excluding hydrogens is 334 g/mol. The summed E-state index contributed by atoms with van der Waals surface area (Å²) in [5.41, 5.74) is 0.441. The molecule has 1 amide bonds. The smallest absolute Gasteiger partial charge is 0.410 e. The maximum Gasteiger partial charge on any atom is 0.410 e. The van der Waals surface area contributed by atoms with Gasteiger partial charge in [-0.05, 0) is 39.7 Å². The summed E-state index contributed by atoms with van der Waals surface area (Å²) in [6.45, 7) is 7.07. The van der Waals surface area contributed by atoms with Gasteiger partial charge in [0.1, 0.15) is 10.8 Å². The van der Waals surface area contributed by atoms with E-state index in [0.29, 0.717) is 24.2 Å². The number of pyridine rings is 1. The zero-order valence-electron chi connectivity index (χ0n) is 13.5. The third-order valence-corrected chi connectivity index (χ3v) is 5.14. The van der Waals surface area contributed by atoms with E-state index in [1.54, 1.807) is 22.4 Å². The largest absolute Gasteiger partial charge is 0.444 e. The summed E-state index contributed by atoms with van der Waals surface area (Å²) in [6.07, 6.45) is 3.30. The zero-order valence-corrected chi connectivity index (χ0v) is 15.1. The van der Waals surface area contributed by atoms with E-state index in [2.05, 4.69) is 9.97 Å². The van der Waals surface area contributed by atoms with E-state index in [0.717, 1.165) is 28.1 Å². The predicted molar refractivity (Wildman–Crippen MR) is 92.2 cm³/mol. The fourth-order valence-electron chi connectivity index (χ4n) is 2.64. The van der Waals surface area contributed by atoms with Crippen molar-refractivity contribution in [1.29, 1.82) is 0 Å². The van der Waals surface area contributed by atoms with Crippen LogP contribution >= 0.6 is 22.9 Å². The van der Waals surface area contributed by atoms with Crippen molar-refractivity contribution in [2.45, 2.75) is 45.1 Å². The lowest BCUT2D eigenvalue weighted by Gasteiger charge is -2.32. The van der Waals surface area contributed by atoms with Crippen LogP contribution in [0.25, 0.3) is 10.2 Å². The van der Waals surface area contributed by atoms with Crippen LogP contribution in [0.1, 0.15) is 44.5 Å². The molecule has 5 nitrogen and oxygen atoms in total. The van der Waals surface area contributed by atoms with Gasteiger partial charge in [0.05, 0.1) is 21.4 Å². The lowest BCUT2D eigenvalue weighted by Crippen LogP contribution is -2.41. The summed E-state index contributed by atoms with van der Waals surface area (Å²) in [5.74, 6) is 0.380. The van der Waals surface area contributed by atoms with Gasteiger partial charge in [-0.25, -0.2) is 14.8 Å².